The standard InChI is InChI=1S/C36H36N6O2/c1-25-20-30-22-32(36(43)37-33(30)21-26(25)2)34(35-38-39-40-42(35)19-18-27-10-6-4-7-11-27)41(23-28-12-8-5-9-13-28)24-29-14-16-31(44-3)17-15-29/h4-17,20-22,34H,18-19,23-24H2,1-3H3,(H,37,43). The minimum atomic E-state index is -0.530. The van der Waals surface area contributed by atoms with Gasteiger partial charge in [0.05, 0.1) is 7.11 Å². The summed E-state index contributed by atoms with van der Waals surface area (Å²) in [5.74, 6) is 1.42. The van der Waals surface area contributed by atoms with Crippen molar-refractivity contribution in [3.05, 3.63) is 153 Å². The SMILES string of the molecule is COc1ccc(CN(Cc2ccccc2)C(c2cc3cc(C)c(C)cc3[nH]c2=O)c2nnnn2CCc2ccccc2)cc1. The van der Waals surface area contributed by atoms with Crippen molar-refractivity contribution in [2.24, 2.45) is 0 Å². The van der Waals surface area contributed by atoms with Gasteiger partial charge < -0.3 is 9.72 Å². The van der Waals surface area contributed by atoms with Crippen LogP contribution in [-0.2, 0) is 26.1 Å². The Kier molecular flexibility index (Phi) is 8.61. The number of aromatic amines is 1. The smallest absolute Gasteiger partial charge is 0.253 e. The highest BCUT2D eigenvalue weighted by Gasteiger charge is 2.31. The Hall–Kier alpha value is -5.08. The molecular weight excluding hydrogens is 548 g/mol. The number of rotatable bonds is 11. The molecule has 222 valence electrons. The third-order valence-corrected chi connectivity index (χ3v) is 8.18. The summed E-state index contributed by atoms with van der Waals surface area (Å²) < 4.78 is 7.25. The summed E-state index contributed by atoms with van der Waals surface area (Å²) in [6.45, 7) is 5.86. The Morgan fingerprint density at radius 1 is 0.818 bits per heavy atom. The first-order chi connectivity index (χ1) is 21.5. The van der Waals surface area contributed by atoms with Crippen LogP contribution in [0.5, 0.6) is 5.75 Å². The summed E-state index contributed by atoms with van der Waals surface area (Å²) in [5.41, 5.74) is 6.95. The topological polar surface area (TPSA) is 88.9 Å². The summed E-state index contributed by atoms with van der Waals surface area (Å²) in [7, 11) is 1.66. The molecule has 1 unspecified atom stereocenters. The number of pyridine rings is 1. The van der Waals surface area contributed by atoms with Gasteiger partial charge in [0, 0.05) is 30.7 Å². The number of nitrogens with one attached hydrogen (secondary N) is 1. The number of hydrogen-bond acceptors (Lipinski definition) is 6. The monoisotopic (exact) mass is 584 g/mol. The van der Waals surface area contributed by atoms with Crippen LogP contribution in [0.4, 0.5) is 0 Å². The number of H-pyrrole nitrogens is 1. The molecule has 0 bridgehead atoms. The fourth-order valence-corrected chi connectivity index (χ4v) is 5.66. The van der Waals surface area contributed by atoms with Crippen LogP contribution in [0.3, 0.4) is 0 Å². The molecule has 2 aromatic heterocycles. The average Bonchev–Trinajstić information content (AvgIpc) is 3.51. The third kappa shape index (κ3) is 6.45. The lowest BCUT2D eigenvalue weighted by molar-refractivity contribution is 0.193. The average molecular weight is 585 g/mol. The van der Waals surface area contributed by atoms with Gasteiger partial charge in [0.1, 0.15) is 11.8 Å². The van der Waals surface area contributed by atoms with E-state index in [-0.39, 0.29) is 5.56 Å². The molecule has 0 saturated carbocycles. The first-order valence-corrected chi connectivity index (χ1v) is 14.8. The lowest BCUT2D eigenvalue weighted by Crippen LogP contribution is -2.35. The molecule has 8 nitrogen and oxygen atoms in total. The summed E-state index contributed by atoms with van der Waals surface area (Å²) in [5, 5.41) is 14.1. The lowest BCUT2D eigenvalue weighted by Gasteiger charge is -2.31. The fraction of sp³-hybridized carbons (Fsp3) is 0.222. The van der Waals surface area contributed by atoms with Crippen LogP contribution in [0.1, 0.15) is 45.2 Å². The van der Waals surface area contributed by atoms with E-state index in [0.29, 0.717) is 31.0 Å². The molecule has 0 fully saturated rings. The first kappa shape index (κ1) is 29.0. The largest absolute Gasteiger partial charge is 0.497 e. The van der Waals surface area contributed by atoms with Crippen molar-refractivity contribution in [2.45, 2.75) is 45.9 Å². The molecule has 4 aromatic carbocycles. The second-order valence-electron chi connectivity index (χ2n) is 11.2. The van der Waals surface area contributed by atoms with E-state index in [1.54, 1.807) is 7.11 Å². The number of aryl methyl sites for hydroxylation is 4. The number of benzene rings is 4. The number of nitrogens with zero attached hydrogens (tertiary/aromatic N) is 5. The number of hydrogen-bond donors (Lipinski definition) is 1. The van der Waals surface area contributed by atoms with E-state index in [4.69, 9.17) is 4.74 Å². The predicted octanol–water partition coefficient (Wildman–Crippen LogP) is 6.17. The van der Waals surface area contributed by atoms with Gasteiger partial charge in [-0.3, -0.25) is 9.69 Å². The Morgan fingerprint density at radius 2 is 1.45 bits per heavy atom. The van der Waals surface area contributed by atoms with Crippen molar-refractivity contribution in [3.63, 3.8) is 0 Å². The minimum absolute atomic E-state index is 0.156. The van der Waals surface area contributed by atoms with Gasteiger partial charge in [0.15, 0.2) is 5.82 Å². The second kappa shape index (κ2) is 13.1. The maximum atomic E-state index is 14.0. The highest BCUT2D eigenvalue weighted by atomic mass is 16.5. The third-order valence-electron chi connectivity index (χ3n) is 8.18. The zero-order valence-corrected chi connectivity index (χ0v) is 25.3. The van der Waals surface area contributed by atoms with Crippen molar-refractivity contribution in [2.75, 3.05) is 7.11 Å². The number of tetrazole rings is 1. The number of fused-ring (bicyclic) bond motifs is 1. The molecule has 0 aliphatic heterocycles. The van der Waals surface area contributed by atoms with Crippen LogP contribution >= 0.6 is 0 Å². The molecule has 6 aromatic rings. The van der Waals surface area contributed by atoms with E-state index in [9.17, 15) is 4.79 Å². The molecule has 2 heterocycles. The van der Waals surface area contributed by atoms with Gasteiger partial charge in [-0.2, -0.15) is 0 Å². The minimum Gasteiger partial charge on any atom is -0.497 e. The Bertz CT molecular complexity index is 1900. The first-order valence-electron chi connectivity index (χ1n) is 14.8. The summed E-state index contributed by atoms with van der Waals surface area (Å²) >= 11 is 0. The normalized spacial score (nSPS) is 12.1. The van der Waals surface area contributed by atoms with Crippen LogP contribution in [0.2, 0.25) is 0 Å². The van der Waals surface area contributed by atoms with Gasteiger partial charge in [-0.25, -0.2) is 4.68 Å². The summed E-state index contributed by atoms with van der Waals surface area (Å²) in [6, 6.07) is 34.3. The molecule has 0 saturated heterocycles. The van der Waals surface area contributed by atoms with Crippen LogP contribution in [0, 0.1) is 13.8 Å². The summed E-state index contributed by atoms with van der Waals surface area (Å²) in [4.78, 5) is 19.4. The van der Waals surface area contributed by atoms with E-state index in [2.05, 4.69) is 81.7 Å². The second-order valence-corrected chi connectivity index (χ2v) is 11.2. The maximum absolute atomic E-state index is 14.0. The van der Waals surface area contributed by atoms with Crippen LogP contribution in [0.15, 0.2) is 108 Å². The van der Waals surface area contributed by atoms with E-state index in [1.807, 2.05) is 65.3 Å². The van der Waals surface area contributed by atoms with Gasteiger partial charge in [-0.1, -0.05) is 72.8 Å². The van der Waals surface area contributed by atoms with Crippen LogP contribution in [0.25, 0.3) is 10.9 Å². The van der Waals surface area contributed by atoms with Gasteiger partial charge in [-0.05, 0) is 94.2 Å². The molecule has 1 N–H and O–H groups in total. The Labute approximate surface area is 256 Å². The predicted molar refractivity (Wildman–Crippen MR) is 173 cm³/mol. The van der Waals surface area contributed by atoms with Gasteiger partial charge in [-0.15, -0.1) is 5.10 Å². The Morgan fingerprint density at radius 3 is 2.14 bits per heavy atom. The van der Waals surface area contributed by atoms with Gasteiger partial charge >= 0.3 is 0 Å². The molecule has 44 heavy (non-hydrogen) atoms. The molecule has 6 rings (SSSR count). The van der Waals surface area contributed by atoms with Gasteiger partial charge in [0.2, 0.25) is 0 Å². The zero-order chi connectivity index (χ0) is 30.5. The summed E-state index contributed by atoms with van der Waals surface area (Å²) in [6.07, 6.45) is 0.759. The molecule has 1 atom stereocenters. The Balaban J connectivity index is 1.49. The van der Waals surface area contributed by atoms with Crippen LogP contribution in [-0.4, -0.2) is 37.2 Å². The highest BCUT2D eigenvalue weighted by molar-refractivity contribution is 5.81. The lowest BCUT2D eigenvalue weighted by atomic mass is 9.99. The molecule has 0 spiro atoms. The van der Waals surface area contributed by atoms with E-state index < -0.39 is 6.04 Å². The molecule has 8 heteroatoms. The van der Waals surface area contributed by atoms with E-state index >= 15 is 0 Å². The quantitative estimate of drug-likeness (QED) is 0.196. The maximum Gasteiger partial charge on any atom is 0.253 e. The number of aromatic nitrogens is 5. The molecule has 0 aliphatic carbocycles. The molecular formula is C36H36N6O2. The number of ether oxygens (including phenoxy) is 1. The van der Waals surface area contributed by atoms with Crippen molar-refractivity contribution in [1.29, 1.82) is 0 Å². The highest BCUT2D eigenvalue weighted by Crippen LogP contribution is 2.31. The van der Waals surface area contributed by atoms with Crippen LogP contribution < -0.4 is 10.3 Å². The zero-order valence-electron chi connectivity index (χ0n) is 25.3. The van der Waals surface area contributed by atoms with E-state index in [1.165, 1.54) is 11.1 Å². The van der Waals surface area contributed by atoms with E-state index in [0.717, 1.165) is 39.8 Å². The fourth-order valence-electron chi connectivity index (χ4n) is 5.66. The van der Waals surface area contributed by atoms with Crippen molar-refractivity contribution >= 4 is 10.9 Å². The molecule has 0 radical (unpaired) electrons. The van der Waals surface area contributed by atoms with Crippen molar-refractivity contribution < 1.29 is 4.74 Å². The molecule has 0 aliphatic rings. The number of methoxy groups -OCH3 is 1. The van der Waals surface area contributed by atoms with Crippen molar-refractivity contribution in [1.82, 2.24) is 30.1 Å². The van der Waals surface area contributed by atoms with Crippen molar-refractivity contribution in [3.8, 4) is 5.75 Å². The van der Waals surface area contributed by atoms with Gasteiger partial charge in [0.25, 0.3) is 5.56 Å². The molecule has 0 amide bonds.